The molecule has 3 aromatic rings. The van der Waals surface area contributed by atoms with E-state index in [1.54, 1.807) is 0 Å². The van der Waals surface area contributed by atoms with Crippen LogP contribution in [-0.2, 0) is 6.54 Å². The number of rotatable bonds is 6. The fourth-order valence-electron chi connectivity index (χ4n) is 6.37. The number of nitrogens with two attached hydrogens (primary N) is 1. The van der Waals surface area contributed by atoms with Gasteiger partial charge in [-0.05, 0) is 72.9 Å². The monoisotopic (exact) mass is 432 g/mol. The molecule has 2 aromatic heterocycles. The molecule has 1 aromatic carbocycles. The van der Waals surface area contributed by atoms with E-state index in [0.717, 1.165) is 54.5 Å². The molecule has 1 saturated heterocycles. The molecule has 32 heavy (non-hydrogen) atoms. The summed E-state index contributed by atoms with van der Waals surface area (Å²) in [6.07, 6.45) is 6.90. The van der Waals surface area contributed by atoms with E-state index in [1.807, 2.05) is 18.3 Å². The van der Waals surface area contributed by atoms with Gasteiger partial charge in [0.2, 0.25) is 0 Å². The highest BCUT2D eigenvalue weighted by Crippen LogP contribution is 2.53. The van der Waals surface area contributed by atoms with Crippen LogP contribution in [0.25, 0.3) is 16.9 Å². The predicted octanol–water partition coefficient (Wildman–Crippen LogP) is 5.77. The Morgan fingerprint density at radius 3 is 2.62 bits per heavy atom. The Morgan fingerprint density at radius 1 is 1.09 bits per heavy atom. The molecule has 2 aliphatic rings. The van der Waals surface area contributed by atoms with Gasteiger partial charge in [0.1, 0.15) is 11.4 Å². The van der Waals surface area contributed by atoms with E-state index < -0.39 is 0 Å². The number of pyridine rings is 1. The van der Waals surface area contributed by atoms with Crippen LogP contribution in [0.3, 0.4) is 0 Å². The van der Waals surface area contributed by atoms with Gasteiger partial charge in [-0.1, -0.05) is 27.7 Å². The van der Waals surface area contributed by atoms with Crippen molar-refractivity contribution in [2.75, 3.05) is 18.9 Å². The Morgan fingerprint density at radius 2 is 1.88 bits per heavy atom. The third kappa shape index (κ3) is 3.99. The first-order valence-corrected chi connectivity index (χ1v) is 12.0. The summed E-state index contributed by atoms with van der Waals surface area (Å²) >= 11 is 0. The molecule has 0 amide bonds. The average molecular weight is 433 g/mol. The molecular weight excluding hydrogens is 396 g/mol. The van der Waals surface area contributed by atoms with Gasteiger partial charge in [0.05, 0.1) is 18.0 Å². The summed E-state index contributed by atoms with van der Waals surface area (Å²) < 4.78 is 7.98. The van der Waals surface area contributed by atoms with Crippen LogP contribution in [0.1, 0.15) is 59.1 Å². The van der Waals surface area contributed by atoms with E-state index in [-0.39, 0.29) is 0 Å². The van der Waals surface area contributed by atoms with Gasteiger partial charge in [0, 0.05) is 36.6 Å². The summed E-state index contributed by atoms with van der Waals surface area (Å²) in [4.78, 5) is 7.73. The van der Waals surface area contributed by atoms with Crippen LogP contribution in [0.15, 0.2) is 42.6 Å². The summed E-state index contributed by atoms with van der Waals surface area (Å²) in [7, 11) is 0. The number of ether oxygens (including phenoxy) is 1. The molecule has 2 bridgehead atoms. The smallest absolute Gasteiger partial charge is 0.137 e. The van der Waals surface area contributed by atoms with Crippen LogP contribution in [0.2, 0.25) is 0 Å². The zero-order valence-electron chi connectivity index (χ0n) is 19.9. The third-order valence-electron chi connectivity index (χ3n) is 7.22. The molecule has 2 atom stereocenters. The number of nitrogen functional groups attached to an aromatic ring is 1. The second kappa shape index (κ2) is 7.80. The van der Waals surface area contributed by atoms with Gasteiger partial charge < -0.3 is 14.9 Å². The van der Waals surface area contributed by atoms with Gasteiger partial charge in [-0.25, -0.2) is 4.98 Å². The molecule has 2 unspecified atom stereocenters. The zero-order valence-corrected chi connectivity index (χ0v) is 19.9. The minimum atomic E-state index is 0.407. The van der Waals surface area contributed by atoms with Crippen molar-refractivity contribution in [2.24, 2.45) is 10.8 Å². The summed E-state index contributed by atoms with van der Waals surface area (Å²) in [5, 5.41) is 0. The Bertz CT molecular complexity index is 1120. The van der Waals surface area contributed by atoms with E-state index in [0.29, 0.717) is 16.9 Å². The number of benzene rings is 1. The van der Waals surface area contributed by atoms with Crippen LogP contribution in [0.4, 0.5) is 5.69 Å². The molecule has 0 radical (unpaired) electrons. The number of hydrogen-bond donors (Lipinski definition) is 1. The maximum atomic E-state index is 6.18. The Hall–Kier alpha value is -2.53. The van der Waals surface area contributed by atoms with Gasteiger partial charge in [-0.15, -0.1) is 0 Å². The van der Waals surface area contributed by atoms with Crippen molar-refractivity contribution < 1.29 is 4.74 Å². The van der Waals surface area contributed by atoms with Crippen LogP contribution < -0.4 is 10.5 Å². The van der Waals surface area contributed by atoms with E-state index in [4.69, 9.17) is 15.5 Å². The lowest BCUT2D eigenvalue weighted by atomic mass is 9.65. The minimum absolute atomic E-state index is 0.407. The van der Waals surface area contributed by atoms with Crippen molar-refractivity contribution in [1.82, 2.24) is 14.3 Å². The quantitative estimate of drug-likeness (QED) is 0.537. The molecule has 3 heterocycles. The Labute approximate surface area is 191 Å². The first kappa shape index (κ1) is 21.3. The van der Waals surface area contributed by atoms with Crippen molar-refractivity contribution in [3.05, 3.63) is 48.3 Å². The molecule has 170 valence electrons. The summed E-state index contributed by atoms with van der Waals surface area (Å²) in [6.45, 7) is 12.3. The third-order valence-corrected chi connectivity index (χ3v) is 7.22. The highest BCUT2D eigenvalue weighted by molar-refractivity contribution is 5.68. The van der Waals surface area contributed by atoms with Gasteiger partial charge >= 0.3 is 0 Å². The summed E-state index contributed by atoms with van der Waals surface area (Å²) in [6, 6.07) is 13.0. The van der Waals surface area contributed by atoms with Crippen LogP contribution >= 0.6 is 0 Å². The molecule has 1 aliphatic heterocycles. The highest BCUT2D eigenvalue weighted by atomic mass is 16.5. The fraction of sp³-hybridized carbons (Fsp3) is 0.519. The lowest BCUT2D eigenvalue weighted by Gasteiger charge is -2.40. The number of nitrogens with zero attached hydrogens (tertiary/aromatic N) is 3. The van der Waals surface area contributed by atoms with E-state index in [2.05, 4.69) is 61.3 Å². The normalized spacial score (nSPS) is 24.8. The number of hydrogen-bond acceptors (Lipinski definition) is 4. The summed E-state index contributed by atoms with van der Waals surface area (Å²) in [5.41, 5.74) is 12.1. The fourth-order valence-corrected chi connectivity index (χ4v) is 6.37. The Balaban J connectivity index is 1.51. The topological polar surface area (TPSA) is 55.8 Å². The van der Waals surface area contributed by atoms with Gasteiger partial charge in [0.15, 0.2) is 0 Å². The van der Waals surface area contributed by atoms with Crippen molar-refractivity contribution >= 4 is 11.3 Å². The first-order valence-electron chi connectivity index (χ1n) is 12.0. The van der Waals surface area contributed by atoms with E-state index in [1.165, 1.54) is 25.0 Å². The number of fused-ring (bicyclic) bond motifs is 3. The van der Waals surface area contributed by atoms with Gasteiger partial charge in [0.25, 0.3) is 0 Å². The lowest BCUT2D eigenvalue weighted by molar-refractivity contribution is 0.126. The minimum Gasteiger partial charge on any atom is -0.494 e. The SMILES string of the molecule is CCCOc1ccc(-c2nc3ccc(N)cn3c2CN2CC3(C)CC2CC(C)(C)C3)cc1. The molecule has 2 fully saturated rings. The molecule has 5 heteroatoms. The lowest BCUT2D eigenvalue weighted by Crippen LogP contribution is -2.34. The zero-order chi connectivity index (χ0) is 22.5. The average Bonchev–Trinajstić information content (AvgIpc) is 3.20. The van der Waals surface area contributed by atoms with Crippen LogP contribution in [0, 0.1) is 10.8 Å². The number of aromatic nitrogens is 2. The van der Waals surface area contributed by atoms with Gasteiger partial charge in [-0.2, -0.15) is 0 Å². The maximum absolute atomic E-state index is 6.18. The van der Waals surface area contributed by atoms with Crippen LogP contribution in [0.5, 0.6) is 5.75 Å². The summed E-state index contributed by atoms with van der Waals surface area (Å²) in [5.74, 6) is 0.911. The molecule has 2 N–H and O–H groups in total. The Kier molecular flexibility index (Phi) is 5.20. The van der Waals surface area contributed by atoms with Crippen molar-refractivity contribution in [1.29, 1.82) is 0 Å². The number of likely N-dealkylation sites (tertiary alicyclic amines) is 1. The second-order valence-corrected chi connectivity index (χ2v) is 11.1. The number of imidazole rings is 1. The molecule has 1 aliphatic carbocycles. The molecule has 0 spiro atoms. The van der Waals surface area contributed by atoms with E-state index >= 15 is 0 Å². The van der Waals surface area contributed by atoms with Crippen molar-refractivity contribution in [3.8, 4) is 17.0 Å². The van der Waals surface area contributed by atoms with Crippen molar-refractivity contribution in [3.63, 3.8) is 0 Å². The maximum Gasteiger partial charge on any atom is 0.137 e. The van der Waals surface area contributed by atoms with Crippen molar-refractivity contribution in [2.45, 2.75) is 66.0 Å². The predicted molar refractivity (Wildman–Crippen MR) is 131 cm³/mol. The molecule has 5 nitrogen and oxygen atoms in total. The van der Waals surface area contributed by atoms with E-state index in [9.17, 15) is 0 Å². The number of anilines is 1. The van der Waals surface area contributed by atoms with Crippen LogP contribution in [-0.4, -0.2) is 33.5 Å². The molecule has 5 rings (SSSR count). The highest BCUT2D eigenvalue weighted by Gasteiger charge is 2.49. The molecular formula is C27H36N4O. The standard InChI is InChI=1S/C27H36N4O/c1-5-12-32-22-9-6-19(7-10-22)25-23(31-15-20(28)8-11-24(31)29-25)16-30-18-27(4)14-21(30)13-26(2,3)17-27/h6-11,15,21H,5,12-14,16-18,28H2,1-4H3. The second-order valence-electron chi connectivity index (χ2n) is 11.1. The largest absolute Gasteiger partial charge is 0.494 e. The first-order chi connectivity index (χ1) is 15.3. The van der Waals surface area contributed by atoms with Gasteiger partial charge in [-0.3, -0.25) is 4.90 Å². The molecule has 1 saturated carbocycles.